The second-order valence-electron chi connectivity index (χ2n) is 3.54. The predicted octanol–water partition coefficient (Wildman–Crippen LogP) is -0.636. The van der Waals surface area contributed by atoms with Crippen molar-refractivity contribution in [2.75, 3.05) is 46.6 Å². The van der Waals surface area contributed by atoms with Gasteiger partial charge in [0.25, 0.3) is 0 Å². The Morgan fingerprint density at radius 1 is 1.06 bits per heavy atom. The summed E-state index contributed by atoms with van der Waals surface area (Å²) in [6.07, 6.45) is 0.800. The molecule has 0 spiro atoms. The number of nitrogens with one attached hydrogen (secondary N) is 4. The Balaban J connectivity index is 2.91. The fourth-order valence-electron chi connectivity index (χ4n) is 1.18. The Hall–Kier alpha value is -0.890. The van der Waals surface area contributed by atoms with Gasteiger partial charge in [-0.1, -0.05) is 0 Å². The average Bonchev–Trinajstić information content (AvgIpc) is 2.30. The van der Waals surface area contributed by atoms with Crippen molar-refractivity contribution in [2.24, 2.45) is 0 Å². The molecule has 0 saturated heterocycles. The average molecular weight is 248 g/mol. The summed E-state index contributed by atoms with van der Waals surface area (Å²) in [6.45, 7) is 4.51. The first kappa shape index (κ1) is 16.1. The lowest BCUT2D eigenvalue weighted by Crippen LogP contribution is -2.32. The molecular weight excluding hydrogens is 224 g/mol. The zero-order valence-corrected chi connectivity index (χ0v) is 10.4. The van der Waals surface area contributed by atoms with Crippen LogP contribution in [0.4, 0.5) is 4.79 Å². The van der Waals surface area contributed by atoms with Crippen LogP contribution in [0.25, 0.3) is 0 Å². The van der Waals surface area contributed by atoms with Crippen molar-refractivity contribution in [2.45, 2.75) is 12.8 Å². The standard InChI is InChI=1S/C10H24N4O3/c1-11-4-2-5-12-8-13-6-3-7-14-9-17-10(15)16/h11-14H,2-9H2,1H3,(H,15,16). The third kappa shape index (κ3) is 15.1. The minimum absolute atomic E-state index is 0.0532. The predicted molar refractivity (Wildman–Crippen MR) is 66.0 cm³/mol. The minimum Gasteiger partial charge on any atom is -0.450 e. The number of hydrogen-bond acceptors (Lipinski definition) is 6. The van der Waals surface area contributed by atoms with Gasteiger partial charge in [0.1, 0.15) is 6.73 Å². The molecule has 7 nitrogen and oxygen atoms in total. The zero-order chi connectivity index (χ0) is 12.8. The molecule has 0 bridgehead atoms. The van der Waals surface area contributed by atoms with Crippen LogP contribution < -0.4 is 21.3 Å². The lowest BCUT2D eigenvalue weighted by atomic mass is 10.4. The van der Waals surface area contributed by atoms with Crippen LogP contribution in [-0.2, 0) is 4.74 Å². The Morgan fingerprint density at radius 2 is 1.65 bits per heavy atom. The summed E-state index contributed by atoms with van der Waals surface area (Å²) in [5.74, 6) is 0. The van der Waals surface area contributed by atoms with E-state index in [4.69, 9.17) is 5.11 Å². The van der Waals surface area contributed by atoms with Crippen molar-refractivity contribution < 1.29 is 14.6 Å². The molecular formula is C10H24N4O3. The summed E-state index contributed by atoms with van der Waals surface area (Å²) < 4.78 is 4.29. The fourth-order valence-corrected chi connectivity index (χ4v) is 1.18. The van der Waals surface area contributed by atoms with Crippen LogP contribution in [0.2, 0.25) is 0 Å². The third-order valence-corrected chi connectivity index (χ3v) is 2.04. The molecule has 102 valence electrons. The molecule has 0 aliphatic carbocycles. The second kappa shape index (κ2) is 13.2. The molecule has 0 aliphatic rings. The molecule has 7 heteroatoms. The zero-order valence-electron chi connectivity index (χ0n) is 10.4. The van der Waals surface area contributed by atoms with E-state index in [9.17, 15) is 4.79 Å². The largest absolute Gasteiger partial charge is 0.507 e. The lowest BCUT2D eigenvalue weighted by Gasteiger charge is -2.07. The normalized spacial score (nSPS) is 10.4. The van der Waals surface area contributed by atoms with Crippen molar-refractivity contribution in [3.8, 4) is 0 Å². The highest BCUT2D eigenvalue weighted by atomic mass is 16.7. The van der Waals surface area contributed by atoms with Gasteiger partial charge in [-0.15, -0.1) is 0 Å². The van der Waals surface area contributed by atoms with Crippen molar-refractivity contribution in [3.05, 3.63) is 0 Å². The molecule has 0 amide bonds. The van der Waals surface area contributed by atoms with Gasteiger partial charge in [-0.05, 0) is 46.1 Å². The lowest BCUT2D eigenvalue weighted by molar-refractivity contribution is 0.0845. The van der Waals surface area contributed by atoms with E-state index < -0.39 is 6.16 Å². The van der Waals surface area contributed by atoms with E-state index >= 15 is 0 Å². The van der Waals surface area contributed by atoms with E-state index in [1.54, 1.807) is 0 Å². The van der Waals surface area contributed by atoms with Gasteiger partial charge < -0.3 is 25.8 Å². The molecule has 17 heavy (non-hydrogen) atoms. The Bertz CT molecular complexity index is 181. The quantitative estimate of drug-likeness (QED) is 0.178. The molecule has 0 aliphatic heterocycles. The molecule has 5 N–H and O–H groups in total. The second-order valence-corrected chi connectivity index (χ2v) is 3.54. The molecule has 0 heterocycles. The van der Waals surface area contributed by atoms with Gasteiger partial charge in [0.05, 0.1) is 0 Å². The summed E-state index contributed by atoms with van der Waals surface area (Å²) in [6, 6.07) is 0. The van der Waals surface area contributed by atoms with Crippen molar-refractivity contribution >= 4 is 6.16 Å². The highest BCUT2D eigenvalue weighted by Gasteiger charge is 1.93. The Labute approximate surface area is 102 Å². The third-order valence-electron chi connectivity index (χ3n) is 2.04. The number of carboxylic acid groups (broad SMARTS) is 1. The van der Waals surface area contributed by atoms with E-state index in [1.165, 1.54) is 0 Å². The maximum absolute atomic E-state index is 9.99. The molecule has 0 fully saturated rings. The molecule has 0 aromatic carbocycles. The summed E-state index contributed by atoms with van der Waals surface area (Å²) in [4.78, 5) is 9.99. The summed E-state index contributed by atoms with van der Waals surface area (Å²) >= 11 is 0. The van der Waals surface area contributed by atoms with Crippen LogP contribution in [0.5, 0.6) is 0 Å². The highest BCUT2D eigenvalue weighted by Crippen LogP contribution is 1.76. The first-order valence-electron chi connectivity index (χ1n) is 5.90. The number of ether oxygens (including phenoxy) is 1. The number of rotatable bonds is 12. The Kier molecular flexibility index (Phi) is 12.5. The summed E-state index contributed by atoms with van der Waals surface area (Å²) in [7, 11) is 1.94. The summed E-state index contributed by atoms with van der Waals surface area (Å²) in [5, 5.41) is 20.6. The van der Waals surface area contributed by atoms with Crippen LogP contribution in [-0.4, -0.2) is 57.9 Å². The number of hydrogen-bond donors (Lipinski definition) is 5. The van der Waals surface area contributed by atoms with Gasteiger partial charge >= 0.3 is 6.16 Å². The highest BCUT2D eigenvalue weighted by molar-refractivity contribution is 5.56. The molecule has 0 aromatic heterocycles. The van der Waals surface area contributed by atoms with Crippen molar-refractivity contribution in [1.82, 2.24) is 21.3 Å². The van der Waals surface area contributed by atoms with E-state index in [-0.39, 0.29) is 6.73 Å². The molecule has 0 unspecified atom stereocenters. The topological polar surface area (TPSA) is 94.6 Å². The Morgan fingerprint density at radius 3 is 2.24 bits per heavy atom. The van der Waals surface area contributed by atoms with Crippen molar-refractivity contribution in [1.29, 1.82) is 0 Å². The maximum Gasteiger partial charge on any atom is 0.507 e. The van der Waals surface area contributed by atoms with Gasteiger partial charge in [-0.2, -0.15) is 0 Å². The van der Waals surface area contributed by atoms with Gasteiger partial charge in [-0.25, -0.2) is 4.79 Å². The van der Waals surface area contributed by atoms with Crippen LogP contribution in [0.3, 0.4) is 0 Å². The van der Waals surface area contributed by atoms with Crippen LogP contribution in [0, 0.1) is 0 Å². The smallest absolute Gasteiger partial charge is 0.450 e. The maximum atomic E-state index is 9.99. The van der Waals surface area contributed by atoms with E-state index in [0.29, 0.717) is 0 Å². The van der Waals surface area contributed by atoms with Crippen LogP contribution in [0.1, 0.15) is 12.8 Å². The monoisotopic (exact) mass is 248 g/mol. The molecule has 0 atom stereocenters. The van der Waals surface area contributed by atoms with Gasteiger partial charge in [0.15, 0.2) is 0 Å². The summed E-state index contributed by atoms with van der Waals surface area (Å²) in [5.41, 5.74) is 0. The van der Waals surface area contributed by atoms with Gasteiger partial charge in [0, 0.05) is 6.67 Å². The molecule has 0 saturated carbocycles. The van der Waals surface area contributed by atoms with Gasteiger partial charge in [0.2, 0.25) is 0 Å². The van der Waals surface area contributed by atoms with E-state index in [2.05, 4.69) is 26.0 Å². The van der Waals surface area contributed by atoms with Crippen molar-refractivity contribution in [3.63, 3.8) is 0 Å². The minimum atomic E-state index is -1.25. The molecule has 0 rings (SSSR count). The first-order valence-corrected chi connectivity index (χ1v) is 5.90. The fraction of sp³-hybridized carbons (Fsp3) is 0.900. The van der Waals surface area contributed by atoms with E-state index in [1.807, 2.05) is 7.05 Å². The van der Waals surface area contributed by atoms with Crippen LogP contribution >= 0.6 is 0 Å². The first-order chi connectivity index (χ1) is 8.27. The molecule has 0 radical (unpaired) electrons. The molecule has 0 aromatic rings. The number of carbonyl (C=O) groups is 1. The van der Waals surface area contributed by atoms with Crippen LogP contribution in [0.15, 0.2) is 0 Å². The SMILES string of the molecule is CNCCCNCNCCCNCOC(=O)O. The van der Waals surface area contributed by atoms with E-state index in [0.717, 1.165) is 45.7 Å². The van der Waals surface area contributed by atoms with Gasteiger partial charge in [-0.3, -0.25) is 5.32 Å².